The van der Waals surface area contributed by atoms with Crippen molar-refractivity contribution in [1.82, 2.24) is 15.0 Å². The summed E-state index contributed by atoms with van der Waals surface area (Å²) in [4.78, 5) is 11.4. The summed E-state index contributed by atoms with van der Waals surface area (Å²) in [5.74, 6) is 0.587. The van der Waals surface area contributed by atoms with E-state index in [-0.39, 0.29) is 5.75 Å². The molecule has 0 aliphatic rings. The number of rotatable bonds is 3. The van der Waals surface area contributed by atoms with Gasteiger partial charge in [0.1, 0.15) is 11.4 Å². The van der Waals surface area contributed by atoms with E-state index in [4.69, 9.17) is 4.55 Å². The first-order valence-corrected chi connectivity index (χ1v) is 7.37. The van der Waals surface area contributed by atoms with Crippen molar-refractivity contribution in [3.63, 3.8) is 0 Å². The molecule has 0 saturated heterocycles. The van der Waals surface area contributed by atoms with Gasteiger partial charge in [0, 0.05) is 11.4 Å². The van der Waals surface area contributed by atoms with Crippen LogP contribution in [0.2, 0.25) is 0 Å². The fourth-order valence-electron chi connectivity index (χ4n) is 1.61. The second-order valence-corrected chi connectivity index (χ2v) is 5.39. The predicted molar refractivity (Wildman–Crippen MR) is 69.4 cm³/mol. The zero-order chi connectivity index (χ0) is 13.5. The standard InChI is InChI=1S/C10H7N3O4S2/c14-19(15,16)17-6-1-2-7-8(3-6)13-10(12-7)9-4-18-5-11-9/h1-5H,(H,12,13)(H,14,15,16). The van der Waals surface area contributed by atoms with E-state index in [9.17, 15) is 8.42 Å². The number of nitrogens with one attached hydrogen (secondary N) is 1. The lowest BCUT2D eigenvalue weighted by atomic mass is 10.3. The number of nitrogens with zero attached hydrogens (tertiary/aromatic N) is 2. The average molecular weight is 297 g/mol. The normalized spacial score (nSPS) is 11.8. The molecule has 9 heteroatoms. The number of aromatic nitrogens is 3. The largest absolute Gasteiger partial charge is 0.446 e. The first-order chi connectivity index (χ1) is 9.01. The van der Waals surface area contributed by atoms with Gasteiger partial charge in [-0.2, -0.15) is 8.42 Å². The van der Waals surface area contributed by atoms with Crippen molar-refractivity contribution >= 4 is 32.8 Å². The number of thiazole rings is 1. The van der Waals surface area contributed by atoms with E-state index in [0.717, 1.165) is 0 Å². The van der Waals surface area contributed by atoms with E-state index in [1.807, 2.05) is 5.38 Å². The molecule has 0 fully saturated rings. The van der Waals surface area contributed by atoms with Gasteiger partial charge in [0.25, 0.3) is 0 Å². The third kappa shape index (κ3) is 2.57. The number of aromatic amines is 1. The lowest BCUT2D eigenvalue weighted by molar-refractivity contribution is 0.387. The van der Waals surface area contributed by atoms with Crippen molar-refractivity contribution in [3.8, 4) is 17.3 Å². The molecule has 2 heterocycles. The van der Waals surface area contributed by atoms with Crippen LogP contribution < -0.4 is 4.18 Å². The van der Waals surface area contributed by atoms with Gasteiger partial charge in [0.2, 0.25) is 0 Å². The maximum absolute atomic E-state index is 10.6. The fraction of sp³-hybridized carbons (Fsp3) is 0. The minimum atomic E-state index is -4.53. The van der Waals surface area contributed by atoms with Gasteiger partial charge < -0.3 is 9.17 Å². The van der Waals surface area contributed by atoms with Crippen molar-refractivity contribution in [2.75, 3.05) is 0 Å². The zero-order valence-electron chi connectivity index (χ0n) is 9.27. The Kier molecular flexibility index (Phi) is 2.73. The average Bonchev–Trinajstić information content (AvgIpc) is 2.94. The number of hydrogen-bond donors (Lipinski definition) is 2. The molecule has 0 spiro atoms. The minimum Gasteiger partial charge on any atom is -0.362 e. The van der Waals surface area contributed by atoms with Gasteiger partial charge >= 0.3 is 10.4 Å². The highest BCUT2D eigenvalue weighted by molar-refractivity contribution is 7.81. The zero-order valence-corrected chi connectivity index (χ0v) is 10.9. The van der Waals surface area contributed by atoms with Crippen molar-refractivity contribution in [3.05, 3.63) is 29.1 Å². The molecule has 98 valence electrons. The maximum Gasteiger partial charge on any atom is 0.446 e. The third-order valence-corrected chi connectivity index (χ3v) is 3.32. The Morgan fingerprint density at radius 3 is 2.89 bits per heavy atom. The number of H-pyrrole nitrogens is 1. The molecule has 0 amide bonds. The van der Waals surface area contributed by atoms with Gasteiger partial charge in [-0.1, -0.05) is 0 Å². The Hall–Kier alpha value is -1.97. The van der Waals surface area contributed by atoms with Crippen LogP contribution in [0.4, 0.5) is 0 Å². The summed E-state index contributed by atoms with van der Waals surface area (Å²) in [7, 11) is -4.53. The SMILES string of the molecule is O=S(=O)(O)Oc1ccc2nc(-c3cscn3)[nH]c2c1. The van der Waals surface area contributed by atoms with Crippen LogP contribution in [0.3, 0.4) is 0 Å². The molecule has 7 nitrogen and oxygen atoms in total. The van der Waals surface area contributed by atoms with Crippen LogP contribution in [0, 0.1) is 0 Å². The lowest BCUT2D eigenvalue weighted by Gasteiger charge is -1.99. The van der Waals surface area contributed by atoms with E-state index in [1.54, 1.807) is 11.6 Å². The highest BCUT2D eigenvalue weighted by Crippen LogP contribution is 2.24. The number of fused-ring (bicyclic) bond motifs is 1. The van der Waals surface area contributed by atoms with Crippen molar-refractivity contribution < 1.29 is 17.2 Å². The molecular formula is C10H7N3O4S2. The van der Waals surface area contributed by atoms with Crippen LogP contribution >= 0.6 is 11.3 Å². The monoisotopic (exact) mass is 297 g/mol. The molecule has 3 aromatic rings. The third-order valence-electron chi connectivity index (χ3n) is 2.33. The Labute approximate surface area is 111 Å². The van der Waals surface area contributed by atoms with Gasteiger partial charge in [0.05, 0.1) is 16.5 Å². The molecule has 0 bridgehead atoms. The number of imidazole rings is 1. The van der Waals surface area contributed by atoms with Crippen LogP contribution in [0.5, 0.6) is 5.75 Å². The molecule has 0 radical (unpaired) electrons. The van der Waals surface area contributed by atoms with E-state index >= 15 is 0 Å². The van der Waals surface area contributed by atoms with Crippen LogP contribution in [-0.2, 0) is 10.4 Å². The second-order valence-electron chi connectivity index (χ2n) is 3.65. The number of hydrogen-bond acceptors (Lipinski definition) is 6. The van der Waals surface area contributed by atoms with Crippen LogP contribution in [-0.4, -0.2) is 27.9 Å². The van der Waals surface area contributed by atoms with Gasteiger partial charge in [0.15, 0.2) is 5.82 Å². The van der Waals surface area contributed by atoms with Gasteiger partial charge in [-0.25, -0.2) is 9.97 Å². The first kappa shape index (κ1) is 12.1. The molecule has 0 aliphatic carbocycles. The summed E-state index contributed by atoms with van der Waals surface area (Å²) in [5, 5.41) is 1.84. The van der Waals surface area contributed by atoms with Crippen molar-refractivity contribution in [2.45, 2.75) is 0 Å². The smallest absolute Gasteiger partial charge is 0.362 e. The molecule has 0 atom stereocenters. The maximum atomic E-state index is 10.6. The summed E-state index contributed by atoms with van der Waals surface area (Å²) in [5.41, 5.74) is 3.63. The molecule has 19 heavy (non-hydrogen) atoms. The van der Waals surface area contributed by atoms with Gasteiger partial charge in [-0.05, 0) is 12.1 Å². The highest BCUT2D eigenvalue weighted by Gasteiger charge is 2.11. The first-order valence-electron chi connectivity index (χ1n) is 5.06. The van der Waals surface area contributed by atoms with Crippen LogP contribution in [0.1, 0.15) is 0 Å². The minimum absolute atomic E-state index is 0.00322. The summed E-state index contributed by atoms with van der Waals surface area (Å²) in [6, 6.07) is 4.43. The molecule has 2 N–H and O–H groups in total. The Morgan fingerprint density at radius 2 is 2.21 bits per heavy atom. The van der Waals surface area contributed by atoms with E-state index in [1.165, 1.54) is 23.5 Å². The lowest BCUT2D eigenvalue weighted by Crippen LogP contribution is -2.06. The second kappa shape index (κ2) is 4.30. The summed E-state index contributed by atoms with van der Waals surface area (Å²) in [6.45, 7) is 0. The molecule has 0 unspecified atom stereocenters. The summed E-state index contributed by atoms with van der Waals surface area (Å²) in [6.07, 6.45) is 0. The fourth-order valence-corrected chi connectivity index (χ4v) is 2.50. The Morgan fingerprint density at radius 1 is 1.37 bits per heavy atom. The van der Waals surface area contributed by atoms with E-state index < -0.39 is 10.4 Å². The van der Waals surface area contributed by atoms with Crippen molar-refractivity contribution in [1.29, 1.82) is 0 Å². The number of benzene rings is 1. The summed E-state index contributed by atoms with van der Waals surface area (Å²) < 4.78 is 34.2. The molecule has 1 aromatic carbocycles. The molecule has 0 saturated carbocycles. The topological polar surface area (TPSA) is 105 Å². The summed E-state index contributed by atoms with van der Waals surface area (Å²) >= 11 is 1.45. The molecule has 2 aromatic heterocycles. The Bertz CT molecular complexity index is 824. The van der Waals surface area contributed by atoms with E-state index in [0.29, 0.717) is 22.6 Å². The van der Waals surface area contributed by atoms with Gasteiger partial charge in [-0.3, -0.25) is 4.55 Å². The molecular weight excluding hydrogens is 290 g/mol. The van der Waals surface area contributed by atoms with Crippen LogP contribution in [0.15, 0.2) is 29.1 Å². The van der Waals surface area contributed by atoms with Gasteiger partial charge in [-0.15, -0.1) is 11.3 Å². The van der Waals surface area contributed by atoms with E-state index in [2.05, 4.69) is 19.1 Å². The highest BCUT2D eigenvalue weighted by atomic mass is 32.3. The molecule has 0 aliphatic heterocycles. The Balaban J connectivity index is 2.04. The predicted octanol–water partition coefficient (Wildman–Crippen LogP) is 1.87. The van der Waals surface area contributed by atoms with Crippen molar-refractivity contribution in [2.24, 2.45) is 0 Å². The molecule has 3 rings (SSSR count). The van der Waals surface area contributed by atoms with Crippen LogP contribution in [0.25, 0.3) is 22.6 Å². The quantitative estimate of drug-likeness (QED) is 0.715.